The molecule has 0 bridgehead atoms. The molecule has 1 aromatic carbocycles. The molecule has 2 aromatic rings. The number of methoxy groups -OCH3 is 2. The highest BCUT2D eigenvalue weighted by molar-refractivity contribution is 5.30. The monoisotopic (exact) mass is 346 g/mol. The fraction of sp³-hybridized carbons (Fsp3) is 0.611. The summed E-state index contributed by atoms with van der Waals surface area (Å²) in [6.07, 6.45) is 2.48. The van der Waals surface area contributed by atoms with E-state index in [9.17, 15) is 0 Å². The van der Waals surface area contributed by atoms with Crippen molar-refractivity contribution in [1.82, 2.24) is 20.2 Å². The molecule has 7 heteroatoms. The van der Waals surface area contributed by atoms with Crippen LogP contribution in [0.25, 0.3) is 0 Å². The molecule has 1 fully saturated rings. The number of quaternary nitrogens is 1. The van der Waals surface area contributed by atoms with Gasteiger partial charge in [0.25, 0.3) is 0 Å². The van der Waals surface area contributed by atoms with Gasteiger partial charge in [-0.05, 0) is 53.5 Å². The molecule has 1 aliphatic rings. The van der Waals surface area contributed by atoms with E-state index in [0.717, 1.165) is 30.6 Å². The first-order valence-corrected chi connectivity index (χ1v) is 8.96. The molecular formula is C18H28N5O2+. The summed E-state index contributed by atoms with van der Waals surface area (Å²) in [5, 5.41) is 12.5. The second-order valence-corrected chi connectivity index (χ2v) is 6.80. The molecule has 1 aliphatic heterocycles. The van der Waals surface area contributed by atoms with Gasteiger partial charge in [-0.3, -0.25) is 0 Å². The van der Waals surface area contributed by atoms with Crippen molar-refractivity contribution in [2.45, 2.75) is 32.4 Å². The van der Waals surface area contributed by atoms with Gasteiger partial charge >= 0.3 is 0 Å². The topological polar surface area (TPSA) is 66.5 Å². The van der Waals surface area contributed by atoms with E-state index in [0.29, 0.717) is 13.2 Å². The Labute approximate surface area is 148 Å². The molecule has 7 nitrogen and oxygen atoms in total. The maximum atomic E-state index is 5.31. The third kappa shape index (κ3) is 4.16. The smallest absolute Gasteiger partial charge is 0.214 e. The fourth-order valence-corrected chi connectivity index (χ4v) is 3.54. The van der Waals surface area contributed by atoms with E-state index in [-0.39, 0.29) is 6.04 Å². The third-order valence-electron chi connectivity index (χ3n) is 5.10. The summed E-state index contributed by atoms with van der Waals surface area (Å²) in [7, 11) is 3.39. The van der Waals surface area contributed by atoms with Crippen LogP contribution < -0.4 is 9.64 Å². The number of nitrogens with zero attached hydrogens (tertiary/aromatic N) is 4. The summed E-state index contributed by atoms with van der Waals surface area (Å²) in [5.41, 5.74) is 1.22. The Morgan fingerprint density at radius 2 is 1.92 bits per heavy atom. The third-order valence-corrected chi connectivity index (χ3v) is 5.10. The summed E-state index contributed by atoms with van der Waals surface area (Å²) in [6, 6.07) is 8.41. The van der Waals surface area contributed by atoms with Gasteiger partial charge in [0, 0.05) is 12.7 Å². The predicted octanol–water partition coefficient (Wildman–Crippen LogP) is 0.732. The minimum Gasteiger partial charge on any atom is -0.497 e. The molecule has 0 spiro atoms. The van der Waals surface area contributed by atoms with Crippen molar-refractivity contribution in [3.63, 3.8) is 0 Å². The Bertz CT molecular complexity index is 650. The Kier molecular flexibility index (Phi) is 5.99. The van der Waals surface area contributed by atoms with Crippen molar-refractivity contribution in [1.29, 1.82) is 0 Å². The van der Waals surface area contributed by atoms with Gasteiger partial charge in [0.05, 0.1) is 33.4 Å². The number of aromatic nitrogens is 4. The van der Waals surface area contributed by atoms with E-state index in [1.165, 1.54) is 23.3 Å². The number of nitrogens with one attached hydrogen (secondary N) is 1. The van der Waals surface area contributed by atoms with E-state index >= 15 is 0 Å². The van der Waals surface area contributed by atoms with Crippen LogP contribution >= 0.6 is 0 Å². The molecule has 1 saturated heterocycles. The summed E-state index contributed by atoms with van der Waals surface area (Å²) in [5.74, 6) is 2.57. The van der Waals surface area contributed by atoms with Crippen LogP contribution in [0.3, 0.4) is 0 Å². The van der Waals surface area contributed by atoms with Crippen molar-refractivity contribution < 1.29 is 14.4 Å². The fourth-order valence-electron chi connectivity index (χ4n) is 3.54. The molecule has 136 valence electrons. The molecule has 0 saturated carbocycles. The zero-order valence-corrected chi connectivity index (χ0v) is 15.3. The van der Waals surface area contributed by atoms with Crippen LogP contribution in [-0.2, 0) is 11.3 Å². The number of hydrogen-bond donors (Lipinski definition) is 1. The van der Waals surface area contributed by atoms with Gasteiger partial charge in [0.1, 0.15) is 5.75 Å². The van der Waals surface area contributed by atoms with Crippen LogP contribution in [0.1, 0.15) is 37.2 Å². The predicted molar refractivity (Wildman–Crippen MR) is 93.6 cm³/mol. The van der Waals surface area contributed by atoms with E-state index in [2.05, 4.69) is 34.6 Å². The van der Waals surface area contributed by atoms with Crippen molar-refractivity contribution in [3.05, 3.63) is 35.7 Å². The van der Waals surface area contributed by atoms with Gasteiger partial charge < -0.3 is 14.4 Å². The number of hydrogen-bond acceptors (Lipinski definition) is 5. The Morgan fingerprint density at radius 3 is 2.56 bits per heavy atom. The van der Waals surface area contributed by atoms with Gasteiger partial charge in [-0.25, -0.2) is 4.68 Å². The molecule has 1 atom stereocenters. The lowest BCUT2D eigenvalue weighted by Crippen LogP contribution is -3.13. The van der Waals surface area contributed by atoms with Crippen LogP contribution in [0.4, 0.5) is 0 Å². The standard InChI is InChI=1S/C18H27N5O2/c1-14-8-10-22(11-9-14)17(15-4-6-16(25-3)7-5-15)18-19-20-21-23(18)12-13-24-2/h4-7,14,17H,8-13H2,1-3H3/p+1/t17-/m1/s1. The molecular weight excluding hydrogens is 318 g/mol. The average molecular weight is 346 g/mol. The maximum Gasteiger partial charge on any atom is 0.214 e. The number of piperidine rings is 1. The first-order chi connectivity index (χ1) is 12.2. The summed E-state index contributed by atoms with van der Waals surface area (Å²) in [4.78, 5) is 1.52. The van der Waals surface area contributed by atoms with Gasteiger partial charge in [-0.15, -0.1) is 5.10 Å². The second kappa shape index (κ2) is 8.40. The van der Waals surface area contributed by atoms with Crippen LogP contribution in [0.5, 0.6) is 5.75 Å². The Morgan fingerprint density at radius 1 is 1.20 bits per heavy atom. The first kappa shape index (κ1) is 17.8. The lowest BCUT2D eigenvalue weighted by molar-refractivity contribution is -0.932. The number of ether oxygens (including phenoxy) is 2. The number of tetrazole rings is 1. The summed E-state index contributed by atoms with van der Waals surface area (Å²) in [6.45, 7) is 5.86. The second-order valence-electron chi connectivity index (χ2n) is 6.80. The lowest BCUT2D eigenvalue weighted by atomic mass is 9.95. The normalized spacial score (nSPS) is 21.9. The van der Waals surface area contributed by atoms with Gasteiger partial charge in [-0.2, -0.15) is 0 Å². The van der Waals surface area contributed by atoms with E-state index < -0.39 is 0 Å². The SMILES string of the molecule is COCCn1nnnc1[C@@H](c1ccc(OC)cc1)[NH+]1CCC(C)CC1. The van der Waals surface area contributed by atoms with Gasteiger partial charge in [-0.1, -0.05) is 6.92 Å². The molecule has 0 unspecified atom stereocenters. The molecule has 1 N–H and O–H groups in total. The Balaban J connectivity index is 1.92. The van der Waals surface area contributed by atoms with Crippen LogP contribution in [0.15, 0.2) is 24.3 Å². The zero-order chi connectivity index (χ0) is 17.6. The quantitative estimate of drug-likeness (QED) is 0.801. The van der Waals surface area contributed by atoms with E-state index in [4.69, 9.17) is 9.47 Å². The van der Waals surface area contributed by atoms with E-state index in [1.54, 1.807) is 14.2 Å². The van der Waals surface area contributed by atoms with Crippen molar-refractivity contribution in [3.8, 4) is 5.75 Å². The van der Waals surface area contributed by atoms with E-state index in [1.807, 2.05) is 16.8 Å². The highest BCUT2D eigenvalue weighted by Crippen LogP contribution is 2.22. The van der Waals surface area contributed by atoms with Crippen molar-refractivity contribution >= 4 is 0 Å². The minimum atomic E-state index is 0.130. The molecule has 25 heavy (non-hydrogen) atoms. The first-order valence-electron chi connectivity index (χ1n) is 8.96. The molecule has 0 aliphatic carbocycles. The maximum absolute atomic E-state index is 5.31. The molecule has 3 rings (SSSR count). The number of rotatable bonds is 7. The molecule has 1 aromatic heterocycles. The molecule has 0 radical (unpaired) electrons. The van der Waals surface area contributed by atoms with Crippen molar-refractivity contribution in [2.24, 2.45) is 5.92 Å². The lowest BCUT2D eigenvalue weighted by Gasteiger charge is -2.33. The van der Waals surface area contributed by atoms with Gasteiger partial charge in [0.15, 0.2) is 6.04 Å². The van der Waals surface area contributed by atoms with Crippen molar-refractivity contribution in [2.75, 3.05) is 33.9 Å². The largest absolute Gasteiger partial charge is 0.497 e. The Hall–Kier alpha value is -1.99. The minimum absolute atomic E-state index is 0.130. The number of benzene rings is 1. The molecule has 2 heterocycles. The summed E-state index contributed by atoms with van der Waals surface area (Å²) < 4.78 is 12.4. The van der Waals surface area contributed by atoms with Crippen LogP contribution in [-0.4, -0.2) is 54.1 Å². The highest BCUT2D eigenvalue weighted by Gasteiger charge is 2.33. The zero-order valence-electron chi connectivity index (χ0n) is 15.3. The van der Waals surface area contributed by atoms with Crippen LogP contribution in [0.2, 0.25) is 0 Å². The highest BCUT2D eigenvalue weighted by atomic mass is 16.5. The van der Waals surface area contributed by atoms with Gasteiger partial charge in [0.2, 0.25) is 5.82 Å². The van der Waals surface area contributed by atoms with Crippen LogP contribution in [0, 0.1) is 5.92 Å². The summed E-state index contributed by atoms with van der Waals surface area (Å²) >= 11 is 0. The average Bonchev–Trinajstić information content (AvgIpc) is 3.10. The number of likely N-dealkylation sites (tertiary alicyclic amines) is 1. The molecule has 0 amide bonds.